The Morgan fingerprint density at radius 3 is 2.45 bits per heavy atom. The van der Waals surface area contributed by atoms with E-state index in [-0.39, 0.29) is 29.9 Å². The molecular formula is C32H34N2O4. The predicted octanol–water partition coefficient (Wildman–Crippen LogP) is 4.28. The number of rotatable bonds is 7. The molecule has 0 aromatic heterocycles. The lowest BCUT2D eigenvalue weighted by molar-refractivity contribution is -0.188. The number of hydrogen-bond donors (Lipinski definition) is 1. The number of methoxy groups -OCH3 is 1. The quantitative estimate of drug-likeness (QED) is 0.481. The van der Waals surface area contributed by atoms with Crippen LogP contribution in [0.1, 0.15) is 41.0 Å². The molecule has 3 aromatic carbocycles. The second kappa shape index (κ2) is 9.37. The largest absolute Gasteiger partial charge is 0.496 e. The molecule has 2 bridgehead atoms. The first-order valence-electron chi connectivity index (χ1n) is 13.3. The third kappa shape index (κ3) is 3.33. The molecule has 196 valence electrons. The van der Waals surface area contributed by atoms with E-state index in [1.165, 1.54) is 23.3 Å². The third-order valence-electron chi connectivity index (χ3n) is 9.45. The zero-order valence-electron chi connectivity index (χ0n) is 22.1. The molecule has 3 aromatic rings. The van der Waals surface area contributed by atoms with Crippen LogP contribution in [0, 0.1) is 11.3 Å². The van der Waals surface area contributed by atoms with Crippen molar-refractivity contribution in [3.8, 4) is 5.75 Å². The highest BCUT2D eigenvalue weighted by molar-refractivity contribution is 5.93. The van der Waals surface area contributed by atoms with Crippen LogP contribution in [-0.4, -0.2) is 50.6 Å². The molecule has 1 heterocycles. The van der Waals surface area contributed by atoms with Gasteiger partial charge in [-0.3, -0.25) is 14.4 Å². The van der Waals surface area contributed by atoms with E-state index in [4.69, 9.17) is 9.57 Å². The molecule has 3 aliphatic carbocycles. The summed E-state index contributed by atoms with van der Waals surface area (Å²) in [4.78, 5) is 34.1. The zero-order chi connectivity index (χ0) is 26.5. The van der Waals surface area contributed by atoms with Crippen LogP contribution in [0.4, 0.5) is 0 Å². The van der Waals surface area contributed by atoms with Crippen molar-refractivity contribution in [2.24, 2.45) is 11.3 Å². The summed E-state index contributed by atoms with van der Waals surface area (Å²) in [7, 11) is 4.84. The fourth-order valence-electron chi connectivity index (χ4n) is 7.99. The summed E-state index contributed by atoms with van der Waals surface area (Å²) in [5.74, 6) is 0.446. The molecule has 1 saturated carbocycles. The van der Waals surface area contributed by atoms with Gasteiger partial charge in [0.2, 0.25) is 0 Å². The van der Waals surface area contributed by atoms with Gasteiger partial charge >= 0.3 is 0 Å². The number of Topliss-reactive ketones (excluding diaryl/α,β-unsaturated/α-hetero) is 1. The van der Waals surface area contributed by atoms with E-state index in [0.717, 1.165) is 24.0 Å². The maximum atomic E-state index is 14.4. The van der Waals surface area contributed by atoms with E-state index in [9.17, 15) is 9.59 Å². The number of carbonyl (C=O) groups is 2. The molecule has 4 aliphatic rings. The van der Waals surface area contributed by atoms with Crippen LogP contribution in [0.5, 0.6) is 5.75 Å². The molecule has 1 saturated heterocycles. The number of nitrogens with one attached hydrogen (secondary N) is 1. The number of nitrogens with zero attached hydrogens (tertiary/aromatic N) is 1. The van der Waals surface area contributed by atoms with Crippen molar-refractivity contribution in [2.75, 3.05) is 27.8 Å². The van der Waals surface area contributed by atoms with Crippen molar-refractivity contribution < 1.29 is 19.2 Å². The number of benzene rings is 3. The fourth-order valence-corrected chi connectivity index (χ4v) is 7.99. The van der Waals surface area contributed by atoms with Gasteiger partial charge in [-0.25, -0.2) is 5.06 Å². The van der Waals surface area contributed by atoms with E-state index in [0.29, 0.717) is 12.3 Å². The summed E-state index contributed by atoms with van der Waals surface area (Å²) >= 11 is 0. The number of para-hydroxylation sites is 1. The van der Waals surface area contributed by atoms with Crippen LogP contribution in [0.3, 0.4) is 0 Å². The van der Waals surface area contributed by atoms with Gasteiger partial charge in [0.05, 0.1) is 25.7 Å². The minimum atomic E-state index is -0.811. The average molecular weight is 511 g/mol. The summed E-state index contributed by atoms with van der Waals surface area (Å²) in [5, 5.41) is 4.96. The van der Waals surface area contributed by atoms with Crippen LogP contribution in [0.2, 0.25) is 0 Å². The number of amides is 1. The topological polar surface area (TPSA) is 67.9 Å². The molecule has 7 rings (SSSR count). The number of hydroxylamine groups is 2. The lowest BCUT2D eigenvalue weighted by Gasteiger charge is -2.61. The van der Waals surface area contributed by atoms with Crippen LogP contribution in [0.25, 0.3) is 0 Å². The van der Waals surface area contributed by atoms with Gasteiger partial charge < -0.3 is 10.1 Å². The van der Waals surface area contributed by atoms with Crippen molar-refractivity contribution in [1.29, 1.82) is 0 Å². The molecule has 0 spiro atoms. The third-order valence-corrected chi connectivity index (χ3v) is 9.45. The summed E-state index contributed by atoms with van der Waals surface area (Å²) in [5.41, 5.74) is 3.18. The predicted molar refractivity (Wildman–Crippen MR) is 145 cm³/mol. The lowest BCUT2D eigenvalue weighted by atomic mass is 9.40. The SMILES string of the molecule is COc1ccccc1CC(=O)C1NCC2(C(=O)N(C)OC)C3CCC(c4ccccc4)(c4ccccc43)C12. The van der Waals surface area contributed by atoms with Gasteiger partial charge in [0.15, 0.2) is 5.78 Å². The van der Waals surface area contributed by atoms with E-state index in [1.54, 1.807) is 14.2 Å². The minimum absolute atomic E-state index is 0.00375. The smallest absolute Gasteiger partial charge is 0.254 e. The lowest BCUT2D eigenvalue weighted by Crippen LogP contribution is -2.64. The monoisotopic (exact) mass is 510 g/mol. The maximum Gasteiger partial charge on any atom is 0.254 e. The Bertz CT molecular complexity index is 1370. The minimum Gasteiger partial charge on any atom is -0.496 e. The molecule has 6 heteroatoms. The van der Waals surface area contributed by atoms with Crippen molar-refractivity contribution in [1.82, 2.24) is 10.4 Å². The van der Waals surface area contributed by atoms with Crippen molar-refractivity contribution in [3.05, 3.63) is 101 Å². The molecule has 1 amide bonds. The molecule has 0 radical (unpaired) electrons. The Hall–Kier alpha value is -3.48. The first kappa shape index (κ1) is 24.8. The van der Waals surface area contributed by atoms with Crippen LogP contribution < -0.4 is 10.1 Å². The molecule has 5 unspecified atom stereocenters. The molecule has 2 fully saturated rings. The summed E-state index contributed by atoms with van der Waals surface area (Å²) in [6.07, 6.45) is 2.00. The van der Waals surface area contributed by atoms with E-state index >= 15 is 0 Å². The van der Waals surface area contributed by atoms with Crippen LogP contribution >= 0.6 is 0 Å². The molecule has 1 N–H and O–H groups in total. The van der Waals surface area contributed by atoms with Gasteiger partial charge in [-0.05, 0) is 35.6 Å². The Kier molecular flexibility index (Phi) is 6.12. The van der Waals surface area contributed by atoms with E-state index < -0.39 is 16.9 Å². The van der Waals surface area contributed by atoms with Gasteiger partial charge in [0.1, 0.15) is 5.75 Å². The number of fused-ring (bicyclic) bond motifs is 1. The van der Waals surface area contributed by atoms with Gasteiger partial charge in [-0.2, -0.15) is 0 Å². The average Bonchev–Trinajstić information content (AvgIpc) is 3.41. The Morgan fingerprint density at radius 2 is 1.68 bits per heavy atom. The van der Waals surface area contributed by atoms with Gasteiger partial charge in [0, 0.05) is 42.8 Å². The van der Waals surface area contributed by atoms with Crippen LogP contribution in [0.15, 0.2) is 78.9 Å². The van der Waals surface area contributed by atoms with Crippen LogP contribution in [-0.2, 0) is 26.3 Å². The molecule has 5 atom stereocenters. The molecule has 38 heavy (non-hydrogen) atoms. The zero-order valence-corrected chi connectivity index (χ0v) is 22.1. The maximum absolute atomic E-state index is 14.4. The highest BCUT2D eigenvalue weighted by Crippen LogP contribution is 2.69. The number of ketones is 1. The molecule has 6 nitrogen and oxygen atoms in total. The van der Waals surface area contributed by atoms with Gasteiger partial charge in [-0.15, -0.1) is 0 Å². The number of carbonyl (C=O) groups excluding carboxylic acids is 2. The highest BCUT2D eigenvalue weighted by Gasteiger charge is 2.72. The van der Waals surface area contributed by atoms with E-state index in [1.807, 2.05) is 30.3 Å². The normalized spacial score (nSPS) is 28.9. The standard InChI is InChI=1S/C32H34N2O4/c1-34(38-3)30(36)32-20-33-28(26(35)19-21-11-7-10-16-27(21)37-2)29(32)31(22-12-5-4-6-13-22)18-17-25(32)23-14-8-9-15-24(23)31/h4-16,25,28-29,33H,17-20H2,1-3H3. The summed E-state index contributed by atoms with van der Waals surface area (Å²) in [6, 6.07) is 26.2. The fraction of sp³-hybridized carbons (Fsp3) is 0.375. The molecular weight excluding hydrogens is 476 g/mol. The van der Waals surface area contributed by atoms with Crippen molar-refractivity contribution in [2.45, 2.75) is 36.6 Å². The first-order valence-corrected chi connectivity index (χ1v) is 13.3. The van der Waals surface area contributed by atoms with E-state index in [2.05, 4.69) is 53.8 Å². The van der Waals surface area contributed by atoms with Gasteiger partial charge in [0.25, 0.3) is 5.91 Å². The second-order valence-electron chi connectivity index (χ2n) is 10.8. The highest BCUT2D eigenvalue weighted by atomic mass is 16.7. The summed E-state index contributed by atoms with van der Waals surface area (Å²) < 4.78 is 5.55. The van der Waals surface area contributed by atoms with Crippen molar-refractivity contribution in [3.63, 3.8) is 0 Å². The number of ether oxygens (including phenoxy) is 1. The Balaban J connectivity index is 1.56. The van der Waals surface area contributed by atoms with Gasteiger partial charge in [-0.1, -0.05) is 72.8 Å². The first-order chi connectivity index (χ1) is 18.5. The second-order valence-corrected chi connectivity index (χ2v) is 10.8. The Morgan fingerprint density at radius 1 is 0.974 bits per heavy atom. The molecule has 1 aliphatic heterocycles. The van der Waals surface area contributed by atoms with Crippen molar-refractivity contribution >= 4 is 11.7 Å². The Labute approximate surface area is 223 Å². The summed E-state index contributed by atoms with van der Waals surface area (Å²) in [6.45, 7) is 0.431. The number of hydrogen-bond acceptors (Lipinski definition) is 5.